The Bertz CT molecular complexity index is 1320. The molecule has 1 N–H and O–H groups in total. The van der Waals surface area contributed by atoms with Gasteiger partial charge in [-0.1, -0.05) is 25.1 Å². The van der Waals surface area contributed by atoms with Gasteiger partial charge in [0.25, 0.3) is 0 Å². The molecule has 1 heterocycles. The molecule has 180 valence electrons. The maximum atomic E-state index is 13.5. The topological polar surface area (TPSA) is 65.4 Å². The number of anilines is 1. The molecule has 1 aromatic heterocycles. The Morgan fingerprint density at radius 1 is 1.03 bits per heavy atom. The highest BCUT2D eigenvalue weighted by atomic mass is 19.1. The van der Waals surface area contributed by atoms with Crippen LogP contribution in [-0.4, -0.2) is 22.8 Å². The van der Waals surface area contributed by atoms with E-state index >= 15 is 0 Å². The molecule has 1 amide bonds. The van der Waals surface area contributed by atoms with Crippen LogP contribution in [0.2, 0.25) is 0 Å². The normalized spacial score (nSPS) is 10.7. The maximum Gasteiger partial charge on any atom is 0.226 e. The Labute approximate surface area is 204 Å². The highest BCUT2D eigenvalue weighted by Gasteiger charge is 2.21. The minimum atomic E-state index is -0.398. The Morgan fingerprint density at radius 2 is 1.80 bits per heavy atom. The van der Waals surface area contributed by atoms with Crippen LogP contribution in [0.1, 0.15) is 30.2 Å². The number of aromatic nitrogens is 2. The molecule has 0 spiro atoms. The van der Waals surface area contributed by atoms with Crippen molar-refractivity contribution in [3.63, 3.8) is 0 Å². The number of nitrogens with one attached hydrogen (secondary N) is 1. The van der Waals surface area contributed by atoms with Crippen molar-refractivity contribution in [2.75, 3.05) is 12.4 Å². The smallest absolute Gasteiger partial charge is 0.226 e. The van der Waals surface area contributed by atoms with E-state index in [2.05, 4.69) is 5.32 Å². The van der Waals surface area contributed by atoms with Crippen LogP contribution in [0.4, 0.5) is 10.1 Å². The Kier molecular flexibility index (Phi) is 7.45. The fourth-order valence-electron chi connectivity index (χ4n) is 3.84. The Morgan fingerprint density at radius 3 is 2.49 bits per heavy atom. The molecule has 6 nitrogen and oxygen atoms in total. The molecule has 0 atom stereocenters. The molecule has 0 saturated heterocycles. The van der Waals surface area contributed by atoms with E-state index in [9.17, 15) is 9.18 Å². The second-order valence-electron chi connectivity index (χ2n) is 8.17. The SMILES string of the molecule is CCc1nn(-c2ccc(OC)cc2)c(Oc2cccc(C)c2)c1CCC(=O)Nc1cccc(F)c1. The summed E-state index contributed by atoms with van der Waals surface area (Å²) >= 11 is 0. The monoisotopic (exact) mass is 473 g/mol. The van der Waals surface area contributed by atoms with Gasteiger partial charge in [-0.3, -0.25) is 4.79 Å². The van der Waals surface area contributed by atoms with Crippen molar-refractivity contribution in [2.45, 2.75) is 33.1 Å². The third-order valence-corrected chi connectivity index (χ3v) is 5.59. The molecule has 0 bridgehead atoms. The molecule has 3 aromatic carbocycles. The predicted octanol–water partition coefficient (Wildman–Crippen LogP) is 6.25. The van der Waals surface area contributed by atoms with Crippen LogP contribution in [0.25, 0.3) is 5.69 Å². The fourth-order valence-corrected chi connectivity index (χ4v) is 3.84. The van der Waals surface area contributed by atoms with E-state index in [0.29, 0.717) is 30.2 Å². The van der Waals surface area contributed by atoms with Crippen LogP contribution in [0.15, 0.2) is 72.8 Å². The number of methoxy groups -OCH3 is 1. The van der Waals surface area contributed by atoms with Crippen molar-refractivity contribution in [2.24, 2.45) is 0 Å². The zero-order chi connectivity index (χ0) is 24.8. The number of carbonyl (C=O) groups excluding carboxylic acids is 1. The van der Waals surface area contributed by atoms with Crippen LogP contribution in [0, 0.1) is 12.7 Å². The Balaban J connectivity index is 1.65. The van der Waals surface area contributed by atoms with Gasteiger partial charge in [0.05, 0.1) is 18.5 Å². The lowest BCUT2D eigenvalue weighted by atomic mass is 10.1. The predicted molar refractivity (Wildman–Crippen MR) is 134 cm³/mol. The first-order valence-corrected chi connectivity index (χ1v) is 11.5. The average molecular weight is 474 g/mol. The number of hydrogen-bond donors (Lipinski definition) is 1. The van der Waals surface area contributed by atoms with Crippen LogP contribution < -0.4 is 14.8 Å². The molecule has 0 aliphatic heterocycles. The van der Waals surface area contributed by atoms with Crippen molar-refractivity contribution in [3.8, 4) is 23.1 Å². The summed E-state index contributed by atoms with van der Waals surface area (Å²) < 4.78 is 26.9. The van der Waals surface area contributed by atoms with Gasteiger partial charge >= 0.3 is 0 Å². The van der Waals surface area contributed by atoms with E-state index < -0.39 is 5.82 Å². The summed E-state index contributed by atoms with van der Waals surface area (Å²) in [5.41, 5.74) is 4.03. The second-order valence-corrected chi connectivity index (χ2v) is 8.17. The summed E-state index contributed by atoms with van der Waals surface area (Å²) in [6.07, 6.45) is 1.29. The van der Waals surface area contributed by atoms with Gasteiger partial charge in [0.1, 0.15) is 17.3 Å². The summed E-state index contributed by atoms with van der Waals surface area (Å²) in [7, 11) is 1.62. The number of benzene rings is 3. The summed E-state index contributed by atoms with van der Waals surface area (Å²) in [6, 6.07) is 21.2. The molecule has 0 aliphatic rings. The van der Waals surface area contributed by atoms with E-state index in [-0.39, 0.29) is 12.3 Å². The molecule has 4 aromatic rings. The molecular weight excluding hydrogens is 445 g/mol. The van der Waals surface area contributed by atoms with Gasteiger partial charge in [0.2, 0.25) is 11.8 Å². The van der Waals surface area contributed by atoms with Crippen molar-refractivity contribution >= 4 is 11.6 Å². The molecule has 0 saturated carbocycles. The molecule has 0 radical (unpaired) electrons. The largest absolute Gasteiger partial charge is 0.497 e. The van der Waals surface area contributed by atoms with Crippen molar-refractivity contribution in [1.29, 1.82) is 0 Å². The molecule has 35 heavy (non-hydrogen) atoms. The lowest BCUT2D eigenvalue weighted by Gasteiger charge is -2.12. The van der Waals surface area contributed by atoms with Gasteiger partial charge in [-0.15, -0.1) is 0 Å². The fraction of sp³-hybridized carbons (Fsp3) is 0.214. The van der Waals surface area contributed by atoms with E-state index in [1.54, 1.807) is 23.9 Å². The van der Waals surface area contributed by atoms with Gasteiger partial charge in [-0.25, -0.2) is 9.07 Å². The van der Waals surface area contributed by atoms with E-state index in [0.717, 1.165) is 28.3 Å². The first-order chi connectivity index (χ1) is 17.0. The molecule has 0 aliphatic carbocycles. The van der Waals surface area contributed by atoms with Gasteiger partial charge < -0.3 is 14.8 Å². The second kappa shape index (κ2) is 10.9. The number of amides is 1. The third kappa shape index (κ3) is 5.87. The van der Waals surface area contributed by atoms with Gasteiger partial charge in [0, 0.05) is 17.7 Å². The molecule has 0 fully saturated rings. The quantitative estimate of drug-likeness (QED) is 0.312. The van der Waals surface area contributed by atoms with Crippen LogP contribution >= 0.6 is 0 Å². The summed E-state index contributed by atoms with van der Waals surface area (Å²) in [5, 5.41) is 7.57. The molecule has 4 rings (SSSR count). The average Bonchev–Trinajstić information content (AvgIpc) is 3.20. The van der Waals surface area contributed by atoms with Gasteiger partial charge in [0.15, 0.2) is 0 Å². The van der Waals surface area contributed by atoms with E-state index in [1.807, 2.05) is 62.4 Å². The Hall–Kier alpha value is -4.13. The molecule has 7 heteroatoms. The van der Waals surface area contributed by atoms with Crippen LogP contribution in [0.3, 0.4) is 0 Å². The summed E-state index contributed by atoms with van der Waals surface area (Å²) in [5.74, 6) is 1.39. The van der Waals surface area contributed by atoms with Gasteiger partial charge in [-0.05, 0) is 79.9 Å². The zero-order valence-corrected chi connectivity index (χ0v) is 20.0. The highest BCUT2D eigenvalue weighted by Crippen LogP contribution is 2.33. The van der Waals surface area contributed by atoms with E-state index in [1.165, 1.54) is 12.1 Å². The number of hydrogen-bond acceptors (Lipinski definition) is 4. The zero-order valence-electron chi connectivity index (χ0n) is 20.0. The lowest BCUT2D eigenvalue weighted by molar-refractivity contribution is -0.116. The maximum absolute atomic E-state index is 13.5. The third-order valence-electron chi connectivity index (χ3n) is 5.59. The van der Waals surface area contributed by atoms with Crippen LogP contribution in [-0.2, 0) is 17.6 Å². The van der Waals surface area contributed by atoms with Crippen molar-refractivity contribution in [3.05, 3.63) is 95.4 Å². The number of aryl methyl sites for hydroxylation is 2. The number of carbonyl (C=O) groups is 1. The number of nitrogens with zero attached hydrogens (tertiary/aromatic N) is 2. The number of halogens is 1. The van der Waals surface area contributed by atoms with Crippen molar-refractivity contribution in [1.82, 2.24) is 9.78 Å². The standard InChI is InChI=1S/C28H28FN3O3/c1-4-26-25(15-16-27(33)30-21-9-6-8-20(29)18-21)28(35-24-10-5-7-19(2)17-24)32(31-26)22-11-13-23(34-3)14-12-22/h5-14,17-18H,4,15-16H2,1-3H3,(H,30,33). The first kappa shape index (κ1) is 24.0. The molecule has 0 unspecified atom stereocenters. The number of rotatable bonds is 9. The van der Waals surface area contributed by atoms with Crippen LogP contribution in [0.5, 0.6) is 17.4 Å². The van der Waals surface area contributed by atoms with Crippen molar-refractivity contribution < 1.29 is 18.7 Å². The summed E-state index contributed by atoms with van der Waals surface area (Å²) in [6.45, 7) is 4.02. The van der Waals surface area contributed by atoms with Gasteiger partial charge in [-0.2, -0.15) is 5.10 Å². The van der Waals surface area contributed by atoms with E-state index in [4.69, 9.17) is 14.6 Å². The lowest BCUT2D eigenvalue weighted by Crippen LogP contribution is -2.13. The highest BCUT2D eigenvalue weighted by molar-refractivity contribution is 5.90. The summed E-state index contributed by atoms with van der Waals surface area (Å²) in [4.78, 5) is 12.6. The first-order valence-electron chi connectivity index (χ1n) is 11.5. The minimum absolute atomic E-state index is 0.196. The molecular formula is C28H28FN3O3. The minimum Gasteiger partial charge on any atom is -0.497 e. The number of ether oxygens (including phenoxy) is 2.